The van der Waals surface area contributed by atoms with E-state index in [4.69, 9.17) is 20.8 Å². The van der Waals surface area contributed by atoms with Gasteiger partial charge in [-0.15, -0.1) is 0 Å². The van der Waals surface area contributed by atoms with Crippen molar-refractivity contribution in [1.82, 2.24) is 4.90 Å². The Bertz CT molecular complexity index is 965. The molecule has 3 aromatic rings. The fourth-order valence-electron chi connectivity index (χ4n) is 2.42. The lowest BCUT2D eigenvalue weighted by atomic mass is 10.1. The van der Waals surface area contributed by atoms with E-state index in [0.29, 0.717) is 22.9 Å². The molecule has 0 aliphatic carbocycles. The highest BCUT2D eigenvalue weighted by Gasteiger charge is 2.14. The normalized spacial score (nSPS) is 10.8. The molecular formula is C18H16ClNO4S. The molecule has 0 spiro atoms. The first-order valence-corrected chi connectivity index (χ1v) is 8.88. The number of aryl methyl sites for hydroxylation is 1. The van der Waals surface area contributed by atoms with Gasteiger partial charge in [0.25, 0.3) is 5.91 Å². The van der Waals surface area contributed by atoms with E-state index in [9.17, 15) is 9.59 Å². The third-order valence-corrected chi connectivity index (χ3v) is 4.81. The van der Waals surface area contributed by atoms with Crippen molar-refractivity contribution in [2.45, 2.75) is 13.5 Å². The Morgan fingerprint density at radius 2 is 2.16 bits per heavy atom. The van der Waals surface area contributed by atoms with E-state index in [1.807, 2.05) is 16.8 Å². The van der Waals surface area contributed by atoms with Crippen LogP contribution in [0.25, 0.3) is 11.0 Å². The van der Waals surface area contributed by atoms with Crippen LogP contribution in [0.5, 0.6) is 5.75 Å². The SMILES string of the molecule is Cc1cc(=O)oc2cc(OCC(=O)N(C)Cc3ccsc3)c(Cl)cc12. The van der Waals surface area contributed by atoms with Gasteiger partial charge >= 0.3 is 5.63 Å². The van der Waals surface area contributed by atoms with Crippen molar-refractivity contribution < 1.29 is 13.9 Å². The van der Waals surface area contributed by atoms with E-state index in [-0.39, 0.29) is 12.5 Å². The summed E-state index contributed by atoms with van der Waals surface area (Å²) in [7, 11) is 1.72. The monoisotopic (exact) mass is 377 g/mol. The van der Waals surface area contributed by atoms with Crippen LogP contribution in [0.2, 0.25) is 5.02 Å². The van der Waals surface area contributed by atoms with Crippen molar-refractivity contribution in [2.24, 2.45) is 0 Å². The Labute approximate surface area is 153 Å². The first-order valence-electron chi connectivity index (χ1n) is 7.56. The molecule has 7 heteroatoms. The summed E-state index contributed by atoms with van der Waals surface area (Å²) in [6, 6.07) is 6.59. The minimum absolute atomic E-state index is 0.151. The van der Waals surface area contributed by atoms with Crippen LogP contribution >= 0.6 is 22.9 Å². The number of rotatable bonds is 5. The number of halogens is 1. The van der Waals surface area contributed by atoms with Gasteiger partial charge in [-0.05, 0) is 40.9 Å². The summed E-state index contributed by atoms with van der Waals surface area (Å²) in [5, 5.41) is 5.06. The number of ether oxygens (including phenoxy) is 1. The van der Waals surface area contributed by atoms with E-state index in [1.54, 1.807) is 36.3 Å². The number of thiophene rings is 1. The molecule has 0 saturated heterocycles. The predicted molar refractivity (Wildman–Crippen MR) is 98.5 cm³/mol. The smallest absolute Gasteiger partial charge is 0.336 e. The van der Waals surface area contributed by atoms with E-state index in [0.717, 1.165) is 16.5 Å². The Morgan fingerprint density at radius 1 is 1.36 bits per heavy atom. The summed E-state index contributed by atoms with van der Waals surface area (Å²) in [5.74, 6) is 0.133. The van der Waals surface area contributed by atoms with Crippen LogP contribution in [-0.4, -0.2) is 24.5 Å². The fourth-order valence-corrected chi connectivity index (χ4v) is 3.30. The number of carbonyl (C=O) groups is 1. The molecule has 2 heterocycles. The number of amides is 1. The minimum atomic E-state index is -0.440. The summed E-state index contributed by atoms with van der Waals surface area (Å²) < 4.78 is 10.7. The molecule has 5 nitrogen and oxygen atoms in total. The predicted octanol–water partition coefficient (Wildman–Crippen LogP) is 3.85. The molecule has 0 aliphatic rings. The number of hydrogen-bond acceptors (Lipinski definition) is 5. The molecule has 130 valence electrons. The molecule has 0 fully saturated rings. The van der Waals surface area contributed by atoms with Crippen molar-refractivity contribution in [3.63, 3.8) is 0 Å². The fraction of sp³-hybridized carbons (Fsp3) is 0.222. The van der Waals surface area contributed by atoms with Crippen LogP contribution < -0.4 is 10.4 Å². The van der Waals surface area contributed by atoms with E-state index in [1.165, 1.54) is 12.1 Å². The summed E-state index contributed by atoms with van der Waals surface area (Å²) in [6.07, 6.45) is 0. The number of nitrogens with zero attached hydrogens (tertiary/aromatic N) is 1. The van der Waals surface area contributed by atoms with Crippen molar-refractivity contribution in [3.05, 3.63) is 61.6 Å². The molecule has 0 unspecified atom stereocenters. The quantitative estimate of drug-likeness (QED) is 0.633. The molecular weight excluding hydrogens is 362 g/mol. The van der Waals surface area contributed by atoms with Gasteiger partial charge in [0.15, 0.2) is 6.61 Å². The number of benzene rings is 1. The van der Waals surface area contributed by atoms with Gasteiger partial charge in [0.2, 0.25) is 0 Å². The number of fused-ring (bicyclic) bond motifs is 1. The van der Waals surface area contributed by atoms with Gasteiger partial charge in [0, 0.05) is 31.1 Å². The Kier molecular flexibility index (Phi) is 5.11. The summed E-state index contributed by atoms with van der Waals surface area (Å²) in [6.45, 7) is 2.17. The third-order valence-electron chi connectivity index (χ3n) is 3.78. The topological polar surface area (TPSA) is 59.8 Å². The Hall–Kier alpha value is -2.31. The summed E-state index contributed by atoms with van der Waals surface area (Å²) in [5.41, 5.74) is 1.78. The van der Waals surface area contributed by atoms with Crippen molar-refractivity contribution in [1.29, 1.82) is 0 Å². The van der Waals surface area contributed by atoms with Gasteiger partial charge in [-0.3, -0.25) is 4.79 Å². The second-order valence-electron chi connectivity index (χ2n) is 5.70. The first kappa shape index (κ1) is 17.5. The number of likely N-dealkylation sites (N-methyl/N-ethyl adjacent to an activating group) is 1. The lowest BCUT2D eigenvalue weighted by molar-refractivity contribution is -0.132. The van der Waals surface area contributed by atoms with E-state index < -0.39 is 5.63 Å². The molecule has 0 N–H and O–H groups in total. The van der Waals surface area contributed by atoms with Gasteiger partial charge in [0.05, 0.1) is 5.02 Å². The Morgan fingerprint density at radius 3 is 2.88 bits per heavy atom. The maximum absolute atomic E-state index is 12.2. The van der Waals surface area contributed by atoms with Crippen LogP contribution in [0.1, 0.15) is 11.1 Å². The second kappa shape index (κ2) is 7.29. The molecule has 0 aliphatic heterocycles. The van der Waals surface area contributed by atoms with Crippen LogP contribution in [0.15, 0.2) is 44.2 Å². The summed E-state index contributed by atoms with van der Waals surface area (Å²) in [4.78, 5) is 25.3. The van der Waals surface area contributed by atoms with Gasteiger partial charge in [-0.25, -0.2) is 4.79 Å². The van der Waals surface area contributed by atoms with Gasteiger partial charge < -0.3 is 14.1 Å². The molecule has 25 heavy (non-hydrogen) atoms. The van der Waals surface area contributed by atoms with Gasteiger partial charge in [0.1, 0.15) is 11.3 Å². The second-order valence-corrected chi connectivity index (χ2v) is 6.88. The van der Waals surface area contributed by atoms with Crippen LogP contribution in [0.3, 0.4) is 0 Å². The highest BCUT2D eigenvalue weighted by atomic mass is 35.5. The van der Waals surface area contributed by atoms with Crippen molar-refractivity contribution >= 4 is 39.8 Å². The molecule has 0 bridgehead atoms. The molecule has 1 aromatic carbocycles. The molecule has 1 amide bonds. The summed E-state index contributed by atoms with van der Waals surface area (Å²) >= 11 is 7.81. The number of hydrogen-bond donors (Lipinski definition) is 0. The average Bonchev–Trinajstić information content (AvgIpc) is 3.06. The zero-order chi connectivity index (χ0) is 18.0. The molecule has 3 rings (SSSR count). The highest BCUT2D eigenvalue weighted by molar-refractivity contribution is 7.07. The largest absolute Gasteiger partial charge is 0.482 e. The van der Waals surface area contributed by atoms with E-state index >= 15 is 0 Å². The molecule has 0 radical (unpaired) electrons. The lowest BCUT2D eigenvalue weighted by Crippen LogP contribution is -2.30. The Balaban J connectivity index is 1.73. The average molecular weight is 378 g/mol. The molecule has 0 saturated carbocycles. The zero-order valence-electron chi connectivity index (χ0n) is 13.7. The maximum Gasteiger partial charge on any atom is 0.336 e. The molecule has 0 atom stereocenters. The van der Waals surface area contributed by atoms with Crippen LogP contribution in [0, 0.1) is 6.92 Å². The van der Waals surface area contributed by atoms with Crippen LogP contribution in [0.4, 0.5) is 0 Å². The third kappa shape index (κ3) is 4.03. The van der Waals surface area contributed by atoms with E-state index in [2.05, 4.69) is 0 Å². The van der Waals surface area contributed by atoms with Gasteiger partial charge in [-0.2, -0.15) is 11.3 Å². The van der Waals surface area contributed by atoms with Crippen molar-refractivity contribution in [2.75, 3.05) is 13.7 Å². The maximum atomic E-state index is 12.2. The van der Waals surface area contributed by atoms with Gasteiger partial charge in [-0.1, -0.05) is 11.6 Å². The van der Waals surface area contributed by atoms with Crippen LogP contribution in [-0.2, 0) is 11.3 Å². The first-order chi connectivity index (χ1) is 11.9. The number of carbonyl (C=O) groups excluding carboxylic acids is 1. The molecule has 2 aromatic heterocycles. The minimum Gasteiger partial charge on any atom is -0.482 e. The van der Waals surface area contributed by atoms with Crippen molar-refractivity contribution in [3.8, 4) is 5.75 Å². The zero-order valence-corrected chi connectivity index (χ0v) is 15.3. The standard InChI is InChI=1S/C18H16ClNO4S/c1-11-5-18(22)24-15-7-16(14(19)6-13(11)15)23-9-17(21)20(2)8-12-3-4-25-10-12/h3-7,10H,8-9H2,1-2H3. The highest BCUT2D eigenvalue weighted by Crippen LogP contribution is 2.31. The lowest BCUT2D eigenvalue weighted by Gasteiger charge is -2.17.